The summed E-state index contributed by atoms with van der Waals surface area (Å²) in [6.45, 7) is 4.34. The molecule has 1 aromatic carbocycles. The van der Waals surface area contributed by atoms with Crippen molar-refractivity contribution in [2.75, 3.05) is 0 Å². The molecular formula is C14H16N2O2. The van der Waals surface area contributed by atoms with E-state index in [1.54, 1.807) is 0 Å². The van der Waals surface area contributed by atoms with Crippen LogP contribution in [-0.4, -0.2) is 15.1 Å². The molecule has 0 aliphatic heterocycles. The van der Waals surface area contributed by atoms with E-state index in [4.69, 9.17) is 0 Å². The summed E-state index contributed by atoms with van der Waals surface area (Å²) < 4.78 is 0. The zero-order valence-corrected chi connectivity index (χ0v) is 10.5. The summed E-state index contributed by atoms with van der Waals surface area (Å²) in [6.07, 6.45) is 1.02. The topological polar surface area (TPSA) is 66.0 Å². The number of nitrogens with one attached hydrogen (secondary N) is 1. The van der Waals surface area contributed by atoms with E-state index in [0.717, 1.165) is 18.1 Å². The fourth-order valence-electron chi connectivity index (χ4n) is 1.85. The lowest BCUT2D eigenvalue weighted by Gasteiger charge is -2.06. The molecule has 2 aromatic rings. The molecule has 4 nitrogen and oxygen atoms in total. The third-order valence-corrected chi connectivity index (χ3v) is 2.60. The standard InChI is InChI=1S/C14H16N2O2/c1-9(2)7-10-3-5-11(6-4-10)14-15-12(17)8-13(18)16-14/h3-6,8-9H,7H2,1-2H3,(H2,15,16,17,18). The van der Waals surface area contributed by atoms with Crippen molar-refractivity contribution in [3.63, 3.8) is 0 Å². The molecule has 0 atom stereocenters. The van der Waals surface area contributed by atoms with E-state index in [0.29, 0.717) is 11.7 Å². The summed E-state index contributed by atoms with van der Waals surface area (Å²) in [6, 6.07) is 8.88. The average Bonchev–Trinajstić information content (AvgIpc) is 2.27. The molecule has 0 fully saturated rings. The first kappa shape index (κ1) is 12.4. The van der Waals surface area contributed by atoms with Gasteiger partial charge in [-0.3, -0.25) is 4.79 Å². The van der Waals surface area contributed by atoms with Crippen LogP contribution >= 0.6 is 0 Å². The van der Waals surface area contributed by atoms with E-state index in [9.17, 15) is 9.90 Å². The van der Waals surface area contributed by atoms with Crippen molar-refractivity contribution in [2.24, 2.45) is 5.92 Å². The van der Waals surface area contributed by atoms with Crippen LogP contribution in [0.1, 0.15) is 19.4 Å². The van der Waals surface area contributed by atoms with Crippen molar-refractivity contribution in [3.05, 3.63) is 46.2 Å². The molecule has 0 bridgehead atoms. The minimum atomic E-state index is -0.358. The highest BCUT2D eigenvalue weighted by molar-refractivity contribution is 5.55. The van der Waals surface area contributed by atoms with Gasteiger partial charge in [0.1, 0.15) is 5.82 Å². The lowest BCUT2D eigenvalue weighted by Crippen LogP contribution is -2.06. The largest absolute Gasteiger partial charge is 0.493 e. The van der Waals surface area contributed by atoms with Crippen molar-refractivity contribution in [1.82, 2.24) is 9.97 Å². The van der Waals surface area contributed by atoms with Crippen LogP contribution in [0.5, 0.6) is 5.88 Å². The SMILES string of the molecule is CC(C)Cc1ccc(-c2nc(O)cc(=O)[nH]2)cc1. The molecule has 0 radical (unpaired) electrons. The predicted octanol–water partition coefficient (Wildman–Crippen LogP) is 2.34. The third kappa shape index (κ3) is 2.97. The molecule has 18 heavy (non-hydrogen) atoms. The van der Waals surface area contributed by atoms with Gasteiger partial charge in [0.25, 0.3) is 5.56 Å². The number of nitrogens with zero attached hydrogens (tertiary/aromatic N) is 1. The van der Waals surface area contributed by atoms with Crippen molar-refractivity contribution >= 4 is 0 Å². The fourth-order valence-corrected chi connectivity index (χ4v) is 1.85. The minimum absolute atomic E-state index is 0.264. The molecular weight excluding hydrogens is 228 g/mol. The van der Waals surface area contributed by atoms with Gasteiger partial charge < -0.3 is 10.1 Å². The highest BCUT2D eigenvalue weighted by Crippen LogP contribution is 2.17. The van der Waals surface area contributed by atoms with Gasteiger partial charge in [-0.1, -0.05) is 38.1 Å². The summed E-state index contributed by atoms with van der Waals surface area (Å²) >= 11 is 0. The highest BCUT2D eigenvalue weighted by atomic mass is 16.3. The van der Waals surface area contributed by atoms with Gasteiger partial charge in [-0.2, -0.15) is 4.98 Å². The van der Waals surface area contributed by atoms with Crippen LogP contribution in [0.4, 0.5) is 0 Å². The van der Waals surface area contributed by atoms with Crippen LogP contribution in [0.2, 0.25) is 0 Å². The maximum absolute atomic E-state index is 11.2. The van der Waals surface area contributed by atoms with E-state index in [1.165, 1.54) is 5.56 Å². The first-order chi connectivity index (χ1) is 8.54. The molecule has 2 N–H and O–H groups in total. The number of benzene rings is 1. The number of H-pyrrole nitrogens is 1. The van der Waals surface area contributed by atoms with E-state index in [-0.39, 0.29) is 11.4 Å². The molecule has 1 aromatic heterocycles. The number of rotatable bonds is 3. The molecule has 0 saturated heterocycles. The maximum atomic E-state index is 11.2. The number of hydrogen-bond donors (Lipinski definition) is 2. The van der Waals surface area contributed by atoms with Gasteiger partial charge in [0.05, 0.1) is 6.07 Å². The van der Waals surface area contributed by atoms with Crippen molar-refractivity contribution in [2.45, 2.75) is 20.3 Å². The zero-order valence-electron chi connectivity index (χ0n) is 10.5. The van der Waals surface area contributed by atoms with Crippen LogP contribution < -0.4 is 5.56 Å². The monoisotopic (exact) mass is 244 g/mol. The quantitative estimate of drug-likeness (QED) is 0.870. The van der Waals surface area contributed by atoms with E-state index in [1.807, 2.05) is 24.3 Å². The second kappa shape index (κ2) is 5.04. The summed E-state index contributed by atoms with van der Waals surface area (Å²) in [4.78, 5) is 17.7. The number of aromatic amines is 1. The van der Waals surface area contributed by atoms with Gasteiger partial charge in [0.15, 0.2) is 0 Å². The Hall–Kier alpha value is -2.10. The molecule has 2 rings (SSSR count). The summed E-state index contributed by atoms with van der Waals surface area (Å²) in [5.41, 5.74) is 1.68. The van der Waals surface area contributed by atoms with Crippen molar-refractivity contribution < 1.29 is 5.11 Å². The van der Waals surface area contributed by atoms with Crippen molar-refractivity contribution in [3.8, 4) is 17.3 Å². The molecule has 0 aliphatic rings. The molecule has 0 unspecified atom stereocenters. The first-order valence-electron chi connectivity index (χ1n) is 5.94. The van der Waals surface area contributed by atoms with Crippen LogP contribution in [0.3, 0.4) is 0 Å². The first-order valence-corrected chi connectivity index (χ1v) is 5.94. The summed E-state index contributed by atoms with van der Waals surface area (Å²) in [5.74, 6) is 0.727. The van der Waals surface area contributed by atoms with E-state index >= 15 is 0 Å². The van der Waals surface area contributed by atoms with Crippen LogP contribution in [0.15, 0.2) is 35.1 Å². The Balaban J connectivity index is 2.31. The second-order valence-electron chi connectivity index (χ2n) is 4.75. The van der Waals surface area contributed by atoms with Crippen LogP contribution in [0.25, 0.3) is 11.4 Å². The average molecular weight is 244 g/mol. The molecule has 0 aliphatic carbocycles. The zero-order chi connectivity index (χ0) is 13.1. The third-order valence-electron chi connectivity index (χ3n) is 2.60. The molecule has 0 amide bonds. The van der Waals surface area contributed by atoms with Gasteiger partial charge in [-0.15, -0.1) is 0 Å². The Labute approximate surface area is 105 Å². The maximum Gasteiger partial charge on any atom is 0.254 e. The van der Waals surface area contributed by atoms with Crippen LogP contribution in [-0.2, 0) is 6.42 Å². The number of aromatic nitrogens is 2. The Bertz CT molecular complexity index is 585. The van der Waals surface area contributed by atoms with Crippen LogP contribution in [0, 0.1) is 5.92 Å². The number of hydrogen-bond acceptors (Lipinski definition) is 3. The van der Waals surface area contributed by atoms with Gasteiger partial charge in [-0.25, -0.2) is 0 Å². The normalized spacial score (nSPS) is 10.8. The lowest BCUT2D eigenvalue weighted by atomic mass is 10.0. The van der Waals surface area contributed by atoms with E-state index in [2.05, 4.69) is 23.8 Å². The Morgan fingerprint density at radius 2 is 1.94 bits per heavy atom. The Morgan fingerprint density at radius 3 is 2.50 bits per heavy atom. The van der Waals surface area contributed by atoms with Gasteiger partial charge in [0, 0.05) is 5.56 Å². The molecule has 0 spiro atoms. The molecule has 94 valence electrons. The van der Waals surface area contributed by atoms with Gasteiger partial charge in [-0.05, 0) is 17.9 Å². The Kier molecular flexibility index (Phi) is 3.46. The number of aromatic hydroxyl groups is 1. The smallest absolute Gasteiger partial charge is 0.254 e. The van der Waals surface area contributed by atoms with Crippen molar-refractivity contribution in [1.29, 1.82) is 0 Å². The molecule has 4 heteroatoms. The Morgan fingerprint density at radius 1 is 1.28 bits per heavy atom. The van der Waals surface area contributed by atoms with E-state index < -0.39 is 0 Å². The minimum Gasteiger partial charge on any atom is -0.493 e. The van der Waals surface area contributed by atoms with Gasteiger partial charge >= 0.3 is 0 Å². The highest BCUT2D eigenvalue weighted by Gasteiger charge is 2.04. The molecule has 1 heterocycles. The second-order valence-corrected chi connectivity index (χ2v) is 4.75. The predicted molar refractivity (Wildman–Crippen MR) is 70.5 cm³/mol. The molecule has 0 saturated carbocycles. The fraction of sp³-hybridized carbons (Fsp3) is 0.286. The van der Waals surface area contributed by atoms with Gasteiger partial charge in [0.2, 0.25) is 5.88 Å². The summed E-state index contributed by atoms with van der Waals surface area (Å²) in [7, 11) is 0. The lowest BCUT2D eigenvalue weighted by molar-refractivity contribution is 0.452. The summed E-state index contributed by atoms with van der Waals surface area (Å²) in [5, 5.41) is 9.30.